The van der Waals surface area contributed by atoms with Crippen LogP contribution in [0.2, 0.25) is 0 Å². The van der Waals surface area contributed by atoms with Crippen LogP contribution in [0.1, 0.15) is 5.89 Å². The number of benzene rings is 1. The minimum Gasteiger partial charge on any atom is -0.493 e. The van der Waals surface area contributed by atoms with E-state index in [0.717, 1.165) is 12.3 Å². The lowest BCUT2D eigenvalue weighted by Gasteiger charge is -2.09. The molecule has 0 aliphatic rings. The van der Waals surface area contributed by atoms with E-state index >= 15 is 0 Å². The van der Waals surface area contributed by atoms with E-state index in [9.17, 15) is 12.8 Å². The third kappa shape index (κ3) is 2.49. The second-order valence-electron chi connectivity index (χ2n) is 3.95. The Kier molecular flexibility index (Phi) is 3.73. The average Bonchev–Trinajstić information content (AvgIpc) is 2.85. The Balaban J connectivity index is 2.64. The van der Waals surface area contributed by atoms with Crippen LogP contribution in [0.4, 0.5) is 4.39 Å². The number of nitrogens with zero attached hydrogens (tertiary/aromatic N) is 2. The molecular formula is C11H12FN3O4S. The van der Waals surface area contributed by atoms with E-state index in [1.54, 1.807) is 0 Å². The number of methoxy groups -OCH3 is 1. The minimum atomic E-state index is -3.70. The quantitative estimate of drug-likeness (QED) is 0.887. The highest BCUT2D eigenvalue weighted by Gasteiger charge is 2.23. The van der Waals surface area contributed by atoms with Crippen LogP contribution in [0.3, 0.4) is 0 Å². The summed E-state index contributed by atoms with van der Waals surface area (Å²) in [7, 11) is -2.48. The molecule has 1 aromatic carbocycles. The average molecular weight is 301 g/mol. The number of rotatable bonds is 4. The van der Waals surface area contributed by atoms with Gasteiger partial charge >= 0.3 is 0 Å². The maximum Gasteiger partial charge on any atom is 0.240 e. The molecule has 2 aromatic rings. The Bertz CT molecular complexity index is 742. The molecule has 0 atom stereocenters. The number of hydrogen-bond donors (Lipinski definition) is 1. The van der Waals surface area contributed by atoms with Crippen molar-refractivity contribution in [2.24, 2.45) is 5.73 Å². The monoisotopic (exact) mass is 301 g/mol. The van der Waals surface area contributed by atoms with Crippen molar-refractivity contribution < 1.29 is 22.1 Å². The largest absolute Gasteiger partial charge is 0.493 e. The lowest BCUT2D eigenvalue weighted by molar-refractivity contribution is 0.375. The van der Waals surface area contributed by atoms with Gasteiger partial charge < -0.3 is 15.0 Å². The van der Waals surface area contributed by atoms with Gasteiger partial charge in [0.05, 0.1) is 19.2 Å². The summed E-state index contributed by atoms with van der Waals surface area (Å²) in [4.78, 5) is 3.48. The lowest BCUT2D eigenvalue weighted by atomic mass is 10.2. The lowest BCUT2D eigenvalue weighted by Crippen LogP contribution is -2.04. The molecule has 0 fully saturated rings. The van der Waals surface area contributed by atoms with Crippen LogP contribution < -0.4 is 10.5 Å². The van der Waals surface area contributed by atoms with E-state index in [1.807, 2.05) is 0 Å². The van der Waals surface area contributed by atoms with Crippen molar-refractivity contribution in [3.63, 3.8) is 0 Å². The molecule has 7 nitrogen and oxygen atoms in total. The van der Waals surface area contributed by atoms with Gasteiger partial charge in [0.1, 0.15) is 4.90 Å². The molecule has 0 saturated heterocycles. The van der Waals surface area contributed by atoms with E-state index in [2.05, 4.69) is 10.1 Å². The molecule has 0 amide bonds. The van der Waals surface area contributed by atoms with Crippen molar-refractivity contribution in [2.45, 2.75) is 11.4 Å². The highest BCUT2D eigenvalue weighted by atomic mass is 32.2. The van der Waals surface area contributed by atoms with Crippen molar-refractivity contribution in [3.05, 3.63) is 23.8 Å². The molecule has 9 heteroatoms. The summed E-state index contributed by atoms with van der Waals surface area (Å²) in [5.41, 5.74) is 5.52. The molecule has 2 N–H and O–H groups in total. The molecule has 1 aromatic heterocycles. The predicted molar refractivity (Wildman–Crippen MR) is 67.2 cm³/mol. The van der Waals surface area contributed by atoms with Gasteiger partial charge in [0.15, 0.2) is 21.4 Å². The van der Waals surface area contributed by atoms with Gasteiger partial charge in [0, 0.05) is 6.26 Å². The van der Waals surface area contributed by atoms with Crippen molar-refractivity contribution >= 4 is 9.84 Å². The normalized spacial score (nSPS) is 11.6. The van der Waals surface area contributed by atoms with Crippen LogP contribution in [0.25, 0.3) is 11.4 Å². The molecule has 108 valence electrons. The molecule has 0 bridgehead atoms. The standard InChI is InChI=1S/C11H12FN3O4S/c1-18-10-6(11-14-8(5-13)19-15-11)3-4-7(9(10)12)20(2,16)17/h3-4H,5,13H2,1-2H3. The second kappa shape index (κ2) is 5.17. The molecule has 0 aliphatic heterocycles. The van der Waals surface area contributed by atoms with Crippen LogP contribution in [-0.2, 0) is 16.4 Å². The highest BCUT2D eigenvalue weighted by Crippen LogP contribution is 2.34. The summed E-state index contributed by atoms with van der Waals surface area (Å²) in [5.74, 6) is -1.01. The Morgan fingerprint density at radius 3 is 2.65 bits per heavy atom. The molecule has 1 heterocycles. The summed E-state index contributed by atoms with van der Waals surface area (Å²) >= 11 is 0. The number of sulfone groups is 1. The third-order valence-electron chi connectivity index (χ3n) is 2.55. The maximum absolute atomic E-state index is 14.2. The van der Waals surface area contributed by atoms with Crippen molar-refractivity contribution in [1.82, 2.24) is 10.1 Å². The van der Waals surface area contributed by atoms with Crippen molar-refractivity contribution in [3.8, 4) is 17.1 Å². The van der Waals surface area contributed by atoms with Crippen LogP contribution in [0, 0.1) is 5.82 Å². The van der Waals surface area contributed by atoms with Gasteiger partial charge in [-0.2, -0.15) is 4.98 Å². The zero-order valence-corrected chi connectivity index (χ0v) is 11.6. The van der Waals surface area contributed by atoms with E-state index < -0.39 is 20.5 Å². The predicted octanol–water partition coefficient (Wildman–Crippen LogP) is 0.747. The first-order valence-corrected chi connectivity index (χ1v) is 7.37. The Hall–Kier alpha value is -2.00. The fourth-order valence-electron chi connectivity index (χ4n) is 1.65. The minimum absolute atomic E-state index is 0.0409. The van der Waals surface area contributed by atoms with Crippen molar-refractivity contribution in [1.29, 1.82) is 0 Å². The third-order valence-corrected chi connectivity index (χ3v) is 3.66. The number of aromatic nitrogens is 2. The maximum atomic E-state index is 14.2. The van der Waals surface area contributed by atoms with Gasteiger partial charge in [0.2, 0.25) is 11.7 Å². The molecule has 20 heavy (non-hydrogen) atoms. The van der Waals surface area contributed by atoms with Crippen LogP contribution in [0.15, 0.2) is 21.6 Å². The molecule has 0 radical (unpaired) electrons. The van der Waals surface area contributed by atoms with E-state index in [4.69, 9.17) is 15.0 Å². The van der Waals surface area contributed by atoms with Gasteiger partial charge in [-0.15, -0.1) is 0 Å². The van der Waals surface area contributed by atoms with Crippen molar-refractivity contribution in [2.75, 3.05) is 13.4 Å². The van der Waals surface area contributed by atoms with Crippen LogP contribution in [0.5, 0.6) is 5.75 Å². The van der Waals surface area contributed by atoms with Crippen LogP contribution in [-0.4, -0.2) is 31.9 Å². The Morgan fingerprint density at radius 1 is 1.45 bits per heavy atom. The molecule has 2 rings (SSSR count). The fraction of sp³-hybridized carbons (Fsp3) is 0.273. The number of hydrogen-bond acceptors (Lipinski definition) is 7. The first-order valence-electron chi connectivity index (χ1n) is 5.48. The summed E-state index contributed by atoms with van der Waals surface area (Å²) in [6.07, 6.45) is 0.908. The molecule has 0 spiro atoms. The van der Waals surface area contributed by atoms with Gasteiger partial charge in [-0.25, -0.2) is 12.8 Å². The summed E-state index contributed by atoms with van der Waals surface area (Å²) in [6.45, 7) is 0.0409. The number of ether oxygens (including phenoxy) is 1. The zero-order chi connectivity index (χ0) is 14.9. The Labute approximate surface area is 114 Å². The molecule has 0 unspecified atom stereocenters. The van der Waals surface area contributed by atoms with Crippen LogP contribution >= 0.6 is 0 Å². The first kappa shape index (κ1) is 14.4. The number of halogens is 1. The summed E-state index contributed by atoms with van der Waals surface area (Å²) in [5, 5.41) is 3.64. The molecular weight excluding hydrogens is 289 g/mol. The highest BCUT2D eigenvalue weighted by molar-refractivity contribution is 7.90. The topological polar surface area (TPSA) is 108 Å². The Morgan fingerprint density at radius 2 is 2.15 bits per heavy atom. The van der Waals surface area contributed by atoms with Gasteiger partial charge in [-0.1, -0.05) is 5.16 Å². The summed E-state index contributed by atoms with van der Waals surface area (Å²) in [6, 6.07) is 2.48. The smallest absolute Gasteiger partial charge is 0.240 e. The number of nitrogens with two attached hydrogens (primary N) is 1. The van der Waals surface area contributed by atoms with E-state index in [1.165, 1.54) is 13.2 Å². The van der Waals surface area contributed by atoms with Gasteiger partial charge in [-0.05, 0) is 12.1 Å². The SMILES string of the molecule is COc1c(-c2noc(CN)n2)ccc(S(C)(=O)=O)c1F. The van der Waals surface area contributed by atoms with E-state index in [0.29, 0.717) is 0 Å². The fourth-order valence-corrected chi connectivity index (χ4v) is 2.38. The van der Waals surface area contributed by atoms with Gasteiger partial charge in [-0.3, -0.25) is 0 Å². The molecule has 0 aliphatic carbocycles. The molecule has 0 saturated carbocycles. The second-order valence-corrected chi connectivity index (χ2v) is 5.93. The first-order chi connectivity index (χ1) is 9.38. The zero-order valence-electron chi connectivity index (χ0n) is 10.8. The van der Waals surface area contributed by atoms with Gasteiger partial charge in [0.25, 0.3) is 0 Å². The summed E-state index contributed by atoms with van der Waals surface area (Å²) < 4.78 is 46.8. The van der Waals surface area contributed by atoms with E-state index in [-0.39, 0.29) is 29.6 Å².